The van der Waals surface area contributed by atoms with Crippen LogP contribution < -0.4 is 24.4 Å². The molecular formula is C54H55N5O11. The lowest BCUT2D eigenvalue weighted by atomic mass is 9.65. The summed E-state index contributed by atoms with van der Waals surface area (Å²) in [6.45, 7) is 5.32. The van der Waals surface area contributed by atoms with Gasteiger partial charge in [-0.25, -0.2) is 14.5 Å². The topological polar surface area (TPSA) is 177 Å². The van der Waals surface area contributed by atoms with E-state index < -0.39 is 77.3 Å². The minimum absolute atomic E-state index is 0.0982. The van der Waals surface area contributed by atoms with Crippen LogP contribution in [-0.4, -0.2) is 115 Å². The van der Waals surface area contributed by atoms with Crippen LogP contribution in [0.25, 0.3) is 0 Å². The van der Waals surface area contributed by atoms with E-state index in [0.29, 0.717) is 53.6 Å². The average molecular weight is 950 g/mol. The third-order valence-corrected chi connectivity index (χ3v) is 14.3. The number of imide groups is 1. The number of nitrogens with zero attached hydrogens (tertiary/aromatic N) is 4. The molecule has 16 nitrogen and oxygen atoms in total. The largest absolute Gasteiger partial charge is 0.491 e. The van der Waals surface area contributed by atoms with Crippen molar-refractivity contribution in [3.05, 3.63) is 155 Å². The number of anilines is 1. The van der Waals surface area contributed by atoms with E-state index in [4.69, 9.17) is 23.7 Å². The molecule has 5 aliphatic rings. The molecule has 1 spiro atoms. The van der Waals surface area contributed by atoms with Gasteiger partial charge in [0.1, 0.15) is 36.0 Å². The van der Waals surface area contributed by atoms with Crippen LogP contribution in [0.4, 0.5) is 10.5 Å². The van der Waals surface area contributed by atoms with Gasteiger partial charge in [0.2, 0.25) is 18.6 Å². The van der Waals surface area contributed by atoms with Crippen molar-refractivity contribution in [3.63, 3.8) is 0 Å². The zero-order valence-electron chi connectivity index (χ0n) is 39.1. The molecule has 5 heterocycles. The van der Waals surface area contributed by atoms with Crippen molar-refractivity contribution in [2.75, 3.05) is 58.2 Å². The van der Waals surface area contributed by atoms with Gasteiger partial charge in [0.25, 0.3) is 0 Å². The number of benzene rings is 5. The van der Waals surface area contributed by atoms with Gasteiger partial charge in [0.15, 0.2) is 11.5 Å². The fraction of sp³-hybridized carbons (Fsp3) is 0.352. The fourth-order valence-electron chi connectivity index (χ4n) is 11.3. The number of morpholine rings is 1. The van der Waals surface area contributed by atoms with Crippen LogP contribution in [0.5, 0.6) is 17.2 Å². The number of hydrogen-bond acceptors (Lipinski definition) is 13. The third-order valence-electron chi connectivity index (χ3n) is 14.3. The van der Waals surface area contributed by atoms with Crippen LogP contribution in [-0.2, 0) is 40.6 Å². The van der Waals surface area contributed by atoms with E-state index in [2.05, 4.69) is 10.2 Å². The number of ether oxygens (including phenoxy) is 5. The predicted octanol–water partition coefficient (Wildman–Crippen LogP) is 5.70. The van der Waals surface area contributed by atoms with Crippen molar-refractivity contribution in [1.82, 2.24) is 20.0 Å². The number of aliphatic hydroxyl groups excluding tert-OH is 1. The van der Waals surface area contributed by atoms with Crippen LogP contribution in [0, 0.1) is 11.8 Å². The maximum absolute atomic E-state index is 16.6. The number of piperazine rings is 1. The molecule has 70 heavy (non-hydrogen) atoms. The molecule has 3 saturated heterocycles. The monoisotopic (exact) mass is 949 g/mol. The second-order valence-electron chi connectivity index (χ2n) is 18.5. The Morgan fingerprint density at radius 3 is 2.19 bits per heavy atom. The van der Waals surface area contributed by atoms with Crippen molar-refractivity contribution < 1.29 is 52.8 Å². The fourth-order valence-corrected chi connectivity index (χ4v) is 11.3. The van der Waals surface area contributed by atoms with Crippen LogP contribution in [0.1, 0.15) is 59.9 Å². The number of rotatable bonds is 12. The van der Waals surface area contributed by atoms with Gasteiger partial charge in [-0.15, -0.1) is 0 Å². The van der Waals surface area contributed by atoms with Crippen molar-refractivity contribution >= 4 is 35.5 Å². The summed E-state index contributed by atoms with van der Waals surface area (Å²) in [5.41, 5.74) is 1.41. The predicted molar refractivity (Wildman–Crippen MR) is 255 cm³/mol. The van der Waals surface area contributed by atoms with Gasteiger partial charge in [-0.05, 0) is 52.4 Å². The Labute approximate surface area is 405 Å². The molecule has 5 aromatic carbocycles. The van der Waals surface area contributed by atoms with E-state index in [1.807, 2.05) is 89.8 Å². The molecule has 362 valence electrons. The van der Waals surface area contributed by atoms with Crippen molar-refractivity contribution in [1.29, 1.82) is 0 Å². The Kier molecular flexibility index (Phi) is 12.8. The van der Waals surface area contributed by atoms with Gasteiger partial charge < -0.3 is 39.0 Å². The number of para-hydroxylation sites is 2. The third kappa shape index (κ3) is 7.89. The molecule has 0 aliphatic carbocycles. The number of nitrogens with one attached hydrogen (secondary N) is 1. The van der Waals surface area contributed by atoms with Gasteiger partial charge in [-0.3, -0.25) is 24.2 Å². The Morgan fingerprint density at radius 1 is 0.800 bits per heavy atom. The zero-order chi connectivity index (χ0) is 48.7. The molecule has 2 N–H and O–H groups in total. The normalized spacial score (nSPS) is 24.3. The summed E-state index contributed by atoms with van der Waals surface area (Å²) in [6, 6.07) is 33.3. The first kappa shape index (κ1) is 46.5. The molecule has 7 unspecified atom stereocenters. The SMILES string of the molecule is COC(=O)C(NC(=O)N1C(=O)C2(c3ccccc31)C(C(=O)N1CCN(Cc3ccc4c(c3)OCO4)CC1)C1C(=O)OC(c3ccccc3)C(c3ccccc3)N1C2c1ccccc1OCCO)C(C)C. The minimum Gasteiger partial charge on any atom is -0.491 e. The van der Waals surface area contributed by atoms with Gasteiger partial charge >= 0.3 is 18.0 Å². The Hall–Kier alpha value is -7.27. The molecule has 10 rings (SSSR count). The minimum atomic E-state index is -2.02. The first-order valence-corrected chi connectivity index (χ1v) is 23.7. The zero-order valence-corrected chi connectivity index (χ0v) is 39.1. The number of carbonyl (C=O) groups excluding carboxylic acids is 5. The number of aliphatic hydroxyl groups is 1. The van der Waals surface area contributed by atoms with Gasteiger partial charge in [0.05, 0.1) is 37.4 Å². The molecule has 3 fully saturated rings. The number of cyclic esters (lactones) is 1. The summed E-state index contributed by atoms with van der Waals surface area (Å²) in [7, 11) is 1.23. The van der Waals surface area contributed by atoms with E-state index in [1.165, 1.54) is 7.11 Å². The second-order valence-corrected chi connectivity index (χ2v) is 18.5. The summed E-state index contributed by atoms with van der Waals surface area (Å²) in [4.78, 5) is 83.4. The van der Waals surface area contributed by atoms with E-state index >= 15 is 14.4 Å². The first-order valence-electron chi connectivity index (χ1n) is 23.7. The number of hydrogen-bond donors (Lipinski definition) is 2. The molecule has 5 aliphatic heterocycles. The summed E-state index contributed by atoms with van der Waals surface area (Å²) in [6.07, 6.45) is -0.927. The van der Waals surface area contributed by atoms with Crippen LogP contribution >= 0.6 is 0 Å². The summed E-state index contributed by atoms with van der Waals surface area (Å²) in [5.74, 6) is -2.88. The molecule has 4 amide bonds. The lowest BCUT2D eigenvalue weighted by Crippen LogP contribution is -2.59. The summed E-state index contributed by atoms with van der Waals surface area (Å²) in [5, 5.41) is 12.9. The highest BCUT2D eigenvalue weighted by Gasteiger charge is 2.76. The van der Waals surface area contributed by atoms with E-state index in [1.54, 1.807) is 61.2 Å². The molecule has 0 saturated carbocycles. The number of esters is 2. The standard InChI is InChI=1S/C54H55N5O11/c1-33(2)44(50(62)66-3)55-53(65)58-39-20-12-11-19-38(39)54(52(58)64)43(49(61)57-26-24-56(25-27-57)31-34-22-23-41-42(30-34)69-32-68-41)46-51(63)70-47(36-16-8-5-9-17-36)45(35-14-6-4-7-15-35)59(46)48(54)37-18-10-13-21-40(37)67-29-28-60/h4-23,30,33,43-48,60H,24-29,31-32H2,1-3H3,(H,55,65). The maximum Gasteiger partial charge on any atom is 0.329 e. The molecule has 16 heteroatoms. The summed E-state index contributed by atoms with van der Waals surface area (Å²) < 4.78 is 29.2. The number of fused-ring (bicyclic) bond motifs is 4. The second kappa shape index (κ2) is 19.3. The smallest absolute Gasteiger partial charge is 0.329 e. The molecule has 0 bridgehead atoms. The molecule has 0 radical (unpaired) electrons. The Bertz CT molecular complexity index is 2790. The van der Waals surface area contributed by atoms with Crippen LogP contribution in [0.2, 0.25) is 0 Å². The van der Waals surface area contributed by atoms with E-state index in [9.17, 15) is 14.7 Å². The molecule has 7 atom stereocenters. The van der Waals surface area contributed by atoms with Crippen molar-refractivity contribution in [2.45, 2.75) is 56.1 Å². The number of carbonyl (C=O) groups is 5. The van der Waals surface area contributed by atoms with Crippen molar-refractivity contribution in [3.8, 4) is 17.2 Å². The lowest BCUT2D eigenvalue weighted by Gasteiger charge is -2.46. The highest BCUT2D eigenvalue weighted by atomic mass is 16.7. The molecule has 5 aromatic rings. The average Bonchev–Trinajstić information content (AvgIpc) is 4.06. The Balaban J connectivity index is 1.17. The Morgan fingerprint density at radius 2 is 1.47 bits per heavy atom. The van der Waals surface area contributed by atoms with Gasteiger partial charge in [0, 0.05) is 38.3 Å². The summed E-state index contributed by atoms with van der Waals surface area (Å²) >= 11 is 0. The van der Waals surface area contributed by atoms with Crippen LogP contribution in [0.15, 0.2) is 127 Å². The molecule has 0 aromatic heterocycles. The van der Waals surface area contributed by atoms with E-state index in [0.717, 1.165) is 16.0 Å². The number of amides is 4. The van der Waals surface area contributed by atoms with Gasteiger partial charge in [-0.1, -0.05) is 117 Å². The maximum atomic E-state index is 16.6. The van der Waals surface area contributed by atoms with Gasteiger partial charge in [-0.2, -0.15) is 0 Å². The number of methoxy groups -OCH3 is 1. The quantitative estimate of drug-likeness (QED) is 0.146. The number of urea groups is 1. The van der Waals surface area contributed by atoms with Crippen LogP contribution in [0.3, 0.4) is 0 Å². The lowest BCUT2D eigenvalue weighted by molar-refractivity contribution is -0.179. The highest BCUT2D eigenvalue weighted by molar-refractivity contribution is 6.25. The highest BCUT2D eigenvalue weighted by Crippen LogP contribution is 2.66. The molecular weight excluding hydrogens is 895 g/mol. The van der Waals surface area contributed by atoms with E-state index in [-0.39, 0.29) is 38.8 Å². The first-order chi connectivity index (χ1) is 34.1. The van der Waals surface area contributed by atoms with Crippen molar-refractivity contribution in [2.24, 2.45) is 11.8 Å².